The van der Waals surface area contributed by atoms with E-state index in [1.54, 1.807) is 55.5 Å². The van der Waals surface area contributed by atoms with Crippen molar-refractivity contribution in [2.75, 3.05) is 19.8 Å². The lowest BCUT2D eigenvalue weighted by atomic mass is 9.88. The Morgan fingerprint density at radius 2 is 1.25 bits per heavy atom. The Kier molecular flexibility index (Phi) is 24.9. The fourth-order valence-electron chi connectivity index (χ4n) is 5.65. The van der Waals surface area contributed by atoms with Crippen LogP contribution < -0.4 is 15.4 Å². The largest absolute Gasteiger partial charge is 0.478 e. The lowest BCUT2D eigenvalue weighted by molar-refractivity contribution is -0.165. The van der Waals surface area contributed by atoms with Crippen molar-refractivity contribution in [2.24, 2.45) is 0 Å². The molecule has 0 aliphatic heterocycles. The highest BCUT2D eigenvalue weighted by molar-refractivity contribution is 6.30. The van der Waals surface area contributed by atoms with Crippen LogP contribution in [0.25, 0.3) is 0 Å². The van der Waals surface area contributed by atoms with Crippen LogP contribution in [-0.2, 0) is 19.1 Å². The van der Waals surface area contributed by atoms with Gasteiger partial charge in [0.15, 0.2) is 16.9 Å². The van der Waals surface area contributed by atoms with Gasteiger partial charge in [-0.1, -0.05) is 98.4 Å². The van der Waals surface area contributed by atoms with Crippen molar-refractivity contribution in [1.29, 1.82) is 0 Å². The van der Waals surface area contributed by atoms with E-state index >= 15 is 0 Å². The third kappa shape index (κ3) is 19.4. The maximum absolute atomic E-state index is 13.6. The minimum absolute atomic E-state index is 0.0109. The molecule has 2 aromatic carbocycles. The number of amides is 2. The number of hydrogen-bond donors (Lipinski definition) is 4. The fraction of sp³-hybridized carbons (Fsp3) is 0.429. The highest BCUT2D eigenvalue weighted by Gasteiger charge is 2.50. The molecule has 0 aliphatic carbocycles. The average Bonchev–Trinajstić information content (AvgIpc) is 3.24. The fourth-order valence-corrected chi connectivity index (χ4v) is 5.78. The van der Waals surface area contributed by atoms with Crippen LogP contribution in [0.15, 0.2) is 121 Å². The molecule has 2 unspecified atom stereocenters. The first-order valence-electron chi connectivity index (χ1n) is 20.9. The molecule has 10 nitrogen and oxygen atoms in total. The van der Waals surface area contributed by atoms with Gasteiger partial charge in [0, 0.05) is 29.1 Å². The third-order valence-electron chi connectivity index (χ3n) is 9.21. The molecule has 0 saturated carbocycles. The van der Waals surface area contributed by atoms with Crippen LogP contribution in [0.4, 0.5) is 0 Å². The van der Waals surface area contributed by atoms with Crippen LogP contribution in [0.2, 0.25) is 5.02 Å². The molecule has 0 heterocycles. The molecule has 326 valence electrons. The molecule has 2 rings (SSSR count). The number of esters is 1. The molecular formula is C49H65ClN2O8. The Bertz CT molecular complexity index is 1780. The first-order valence-corrected chi connectivity index (χ1v) is 21.3. The second kappa shape index (κ2) is 29.2. The number of aliphatic hydroxyl groups is 2. The number of carbonyl (C=O) groups excluding carboxylic acids is 4. The molecule has 0 spiro atoms. The summed E-state index contributed by atoms with van der Waals surface area (Å²) in [5.41, 5.74) is -2.93. The first kappa shape index (κ1) is 51.1. The van der Waals surface area contributed by atoms with Crippen LogP contribution >= 0.6 is 11.6 Å². The summed E-state index contributed by atoms with van der Waals surface area (Å²) in [5, 5.41) is 27.6. The normalized spacial score (nSPS) is 13.8. The van der Waals surface area contributed by atoms with Crippen molar-refractivity contribution in [3.63, 3.8) is 0 Å². The number of rotatable bonds is 29. The average molecular weight is 846 g/mol. The zero-order valence-electron chi connectivity index (χ0n) is 35.7. The summed E-state index contributed by atoms with van der Waals surface area (Å²) in [6.45, 7) is 6.14. The number of ketones is 1. The lowest BCUT2D eigenvalue weighted by Gasteiger charge is -2.37. The molecule has 0 saturated heterocycles. The monoisotopic (exact) mass is 844 g/mol. The zero-order valence-corrected chi connectivity index (χ0v) is 36.5. The van der Waals surface area contributed by atoms with E-state index in [0.29, 0.717) is 35.4 Å². The molecule has 0 fully saturated rings. The lowest BCUT2D eigenvalue weighted by Crippen LogP contribution is -2.68. The van der Waals surface area contributed by atoms with E-state index < -0.39 is 35.7 Å². The van der Waals surface area contributed by atoms with Crippen LogP contribution in [-0.4, -0.2) is 70.8 Å². The smallest absolute Gasteiger partial charge is 0.337 e. The van der Waals surface area contributed by atoms with Crippen molar-refractivity contribution >= 4 is 35.2 Å². The van der Waals surface area contributed by atoms with Crippen molar-refractivity contribution in [2.45, 2.75) is 116 Å². The van der Waals surface area contributed by atoms with Crippen LogP contribution in [0.5, 0.6) is 5.75 Å². The van der Waals surface area contributed by atoms with Gasteiger partial charge in [0.25, 0.3) is 5.91 Å². The van der Waals surface area contributed by atoms with Crippen LogP contribution in [0.1, 0.15) is 114 Å². The summed E-state index contributed by atoms with van der Waals surface area (Å²) >= 11 is 5.94. The Morgan fingerprint density at radius 1 is 0.750 bits per heavy atom. The maximum atomic E-state index is 13.6. The number of hydrogen-bond acceptors (Lipinski definition) is 8. The summed E-state index contributed by atoms with van der Waals surface area (Å²) < 4.78 is 11.3. The molecule has 2 amide bonds. The number of allylic oxidation sites excluding steroid dienone is 12. The number of carbonyl (C=O) groups is 4. The predicted molar refractivity (Wildman–Crippen MR) is 241 cm³/mol. The Morgan fingerprint density at radius 3 is 1.75 bits per heavy atom. The SMILES string of the molecule is CC/C=C\C/C=C\C/C=C\C/C=C\C/C=C\C/C=C\CCC(=O)NCCCC(O)C(CO)(NC(=O)C(C)(C)Oc1ccc(C(=O)c2ccc(Cl)cc2)cc1)C(=O)OCCC. The van der Waals surface area contributed by atoms with Gasteiger partial charge in [-0.3, -0.25) is 14.4 Å². The van der Waals surface area contributed by atoms with Gasteiger partial charge in [0.05, 0.1) is 19.3 Å². The standard InChI is InChI=1S/C49H65ClN2O8/c1-5-7-8-9-10-11-12-13-14-15-16-17-18-19-20-21-22-23-24-27-44(55)51-36-25-26-43(54)49(38-53,47(58)59-37-6-2)52-46(57)48(3,4)60-42-34-30-40(31-35-42)45(56)39-28-32-41(50)33-29-39/h7-8,10-11,13-14,16-17,19-20,22-23,28-35,43,53-54H,5-6,9,12,15,18,21,24-27,36-38H2,1-4H3,(H,51,55)(H,52,57)/b8-7-,11-10-,14-13-,17-16-,20-19-,23-22-. The summed E-state index contributed by atoms with van der Waals surface area (Å²) in [4.78, 5) is 52.3. The molecule has 0 aromatic heterocycles. The molecule has 0 aliphatic rings. The van der Waals surface area contributed by atoms with E-state index in [0.717, 1.165) is 38.5 Å². The molecule has 0 radical (unpaired) electrons. The highest BCUT2D eigenvalue weighted by atomic mass is 35.5. The molecule has 0 bridgehead atoms. The molecule has 60 heavy (non-hydrogen) atoms. The van der Waals surface area contributed by atoms with Crippen molar-refractivity contribution in [1.82, 2.24) is 10.6 Å². The van der Waals surface area contributed by atoms with E-state index in [1.165, 1.54) is 13.8 Å². The number of aliphatic hydroxyl groups excluding tert-OH is 2. The third-order valence-corrected chi connectivity index (χ3v) is 9.46. The summed E-state index contributed by atoms with van der Waals surface area (Å²) in [7, 11) is 0. The summed E-state index contributed by atoms with van der Waals surface area (Å²) in [6, 6.07) is 12.7. The highest BCUT2D eigenvalue weighted by Crippen LogP contribution is 2.24. The van der Waals surface area contributed by atoms with E-state index in [2.05, 4.69) is 78.3 Å². The molecule has 4 N–H and O–H groups in total. The number of nitrogens with one attached hydrogen (secondary N) is 2. The van der Waals surface area contributed by atoms with Gasteiger partial charge in [0.1, 0.15) is 5.75 Å². The quantitative estimate of drug-likeness (QED) is 0.0274. The van der Waals surface area contributed by atoms with Crippen LogP contribution in [0.3, 0.4) is 0 Å². The number of ether oxygens (including phenoxy) is 2. The van der Waals surface area contributed by atoms with Gasteiger partial charge in [-0.2, -0.15) is 0 Å². The number of benzene rings is 2. The zero-order chi connectivity index (χ0) is 44.1. The van der Waals surface area contributed by atoms with E-state index in [9.17, 15) is 29.4 Å². The molecule has 2 aromatic rings. The van der Waals surface area contributed by atoms with Gasteiger partial charge in [-0.25, -0.2) is 4.79 Å². The topological polar surface area (TPSA) is 151 Å². The van der Waals surface area contributed by atoms with Crippen molar-refractivity contribution in [3.8, 4) is 5.75 Å². The predicted octanol–water partition coefficient (Wildman–Crippen LogP) is 9.26. The molecular weight excluding hydrogens is 780 g/mol. The van der Waals surface area contributed by atoms with Gasteiger partial charge in [-0.05, 0) is 127 Å². The van der Waals surface area contributed by atoms with E-state index in [4.69, 9.17) is 21.1 Å². The summed E-state index contributed by atoms with van der Waals surface area (Å²) in [5.74, 6) is -1.90. The minimum atomic E-state index is -2.19. The van der Waals surface area contributed by atoms with Gasteiger partial charge < -0.3 is 30.3 Å². The van der Waals surface area contributed by atoms with Gasteiger partial charge >= 0.3 is 5.97 Å². The second-order valence-corrected chi connectivity index (χ2v) is 15.1. The minimum Gasteiger partial charge on any atom is -0.478 e. The van der Waals surface area contributed by atoms with Gasteiger partial charge in [-0.15, -0.1) is 0 Å². The van der Waals surface area contributed by atoms with Crippen molar-refractivity contribution in [3.05, 3.63) is 138 Å². The van der Waals surface area contributed by atoms with Crippen LogP contribution in [0, 0.1) is 0 Å². The van der Waals surface area contributed by atoms with Crippen molar-refractivity contribution < 1.29 is 38.9 Å². The Hall–Kier alpha value is -5.03. The van der Waals surface area contributed by atoms with Gasteiger partial charge in [0.2, 0.25) is 5.91 Å². The second-order valence-electron chi connectivity index (χ2n) is 14.7. The van der Waals surface area contributed by atoms with E-state index in [-0.39, 0.29) is 43.4 Å². The van der Waals surface area contributed by atoms with E-state index in [1.807, 2.05) is 12.2 Å². The first-order chi connectivity index (χ1) is 28.9. The maximum Gasteiger partial charge on any atom is 0.337 e. The molecule has 11 heteroatoms. The Balaban J connectivity index is 1.81. The number of halogens is 1. The summed E-state index contributed by atoms with van der Waals surface area (Å²) in [6.07, 6.45) is 31.2. The Labute approximate surface area is 362 Å². The molecule has 2 atom stereocenters.